The van der Waals surface area contributed by atoms with Crippen molar-refractivity contribution in [1.29, 1.82) is 0 Å². The molecule has 10 nitrogen and oxygen atoms in total. The Morgan fingerprint density at radius 3 is 2.69 bits per heavy atom. The maximum Gasteiger partial charge on any atom is 0.344 e. The lowest BCUT2D eigenvalue weighted by Crippen LogP contribution is -2.48. The first kappa shape index (κ1) is 20.5. The molecule has 2 heterocycles. The lowest BCUT2D eigenvalue weighted by molar-refractivity contribution is 0.0875. The second kappa shape index (κ2) is 7.32. The SMILES string of the molecule is Cc1cc(C(=O)NC(C)(C)COc2cccc3c2C(N)=NS(=O)(=O)N3)nc(C)n1. The minimum atomic E-state index is -3.87. The first-order chi connectivity index (χ1) is 13.5. The van der Waals surface area contributed by atoms with E-state index in [-0.39, 0.29) is 29.7 Å². The number of hydrogen-bond acceptors (Lipinski definition) is 7. The lowest BCUT2D eigenvalue weighted by atomic mass is 10.1. The van der Waals surface area contributed by atoms with Gasteiger partial charge in [-0.25, -0.2) is 9.97 Å². The number of anilines is 1. The molecule has 0 unspecified atom stereocenters. The van der Waals surface area contributed by atoms with Gasteiger partial charge in [-0.3, -0.25) is 9.52 Å². The van der Waals surface area contributed by atoms with Crippen LogP contribution in [0.15, 0.2) is 28.7 Å². The summed E-state index contributed by atoms with van der Waals surface area (Å²) >= 11 is 0. The highest BCUT2D eigenvalue weighted by Gasteiger charge is 2.27. The number of amidine groups is 1. The molecular formula is C18H22N6O4S. The smallest absolute Gasteiger partial charge is 0.344 e. The van der Waals surface area contributed by atoms with Crippen molar-refractivity contribution >= 4 is 27.6 Å². The fraction of sp³-hybridized carbons (Fsp3) is 0.333. The fourth-order valence-electron chi connectivity index (χ4n) is 2.84. The number of aromatic nitrogens is 2. The van der Waals surface area contributed by atoms with E-state index >= 15 is 0 Å². The number of benzene rings is 1. The van der Waals surface area contributed by atoms with E-state index in [0.29, 0.717) is 22.8 Å². The average Bonchev–Trinajstić information content (AvgIpc) is 2.57. The molecule has 1 amide bonds. The van der Waals surface area contributed by atoms with Gasteiger partial charge in [0.2, 0.25) is 0 Å². The third-order valence-corrected chi connectivity index (χ3v) is 4.89. The van der Waals surface area contributed by atoms with E-state index in [9.17, 15) is 13.2 Å². The fourth-order valence-corrected chi connectivity index (χ4v) is 3.68. The zero-order chi connectivity index (χ0) is 21.4. The molecule has 154 valence electrons. The summed E-state index contributed by atoms with van der Waals surface area (Å²) < 4.78 is 35.0. The number of carbonyl (C=O) groups is 1. The Morgan fingerprint density at radius 1 is 1.28 bits per heavy atom. The van der Waals surface area contributed by atoms with E-state index in [2.05, 4.69) is 24.4 Å². The number of ether oxygens (including phenoxy) is 1. The van der Waals surface area contributed by atoms with Crippen molar-refractivity contribution < 1.29 is 17.9 Å². The van der Waals surface area contributed by atoms with Crippen molar-refractivity contribution in [1.82, 2.24) is 15.3 Å². The van der Waals surface area contributed by atoms with Gasteiger partial charge in [0.05, 0.1) is 16.8 Å². The summed E-state index contributed by atoms with van der Waals surface area (Å²) in [4.78, 5) is 20.9. The van der Waals surface area contributed by atoms with Gasteiger partial charge in [0.15, 0.2) is 5.84 Å². The summed E-state index contributed by atoms with van der Waals surface area (Å²) in [6.45, 7) is 7.19. The van der Waals surface area contributed by atoms with Gasteiger partial charge in [-0.2, -0.15) is 8.42 Å². The van der Waals surface area contributed by atoms with Crippen LogP contribution in [0.1, 0.15) is 41.4 Å². The first-order valence-electron chi connectivity index (χ1n) is 8.75. The number of aryl methyl sites for hydroxylation is 2. The summed E-state index contributed by atoms with van der Waals surface area (Å²) in [6, 6.07) is 6.45. The Hall–Kier alpha value is -3.21. The summed E-state index contributed by atoms with van der Waals surface area (Å²) in [5.41, 5.74) is 6.66. The number of amides is 1. The van der Waals surface area contributed by atoms with E-state index in [1.54, 1.807) is 52.0 Å². The number of rotatable bonds is 5. The molecule has 2 aromatic rings. The number of fused-ring (bicyclic) bond motifs is 1. The quantitative estimate of drug-likeness (QED) is 0.657. The number of nitrogens with zero attached hydrogens (tertiary/aromatic N) is 3. The molecule has 3 rings (SSSR count). The van der Waals surface area contributed by atoms with Gasteiger partial charge in [-0.1, -0.05) is 6.07 Å². The van der Waals surface area contributed by atoms with Crippen molar-refractivity contribution in [3.05, 3.63) is 47.0 Å². The van der Waals surface area contributed by atoms with Crippen LogP contribution < -0.4 is 20.5 Å². The van der Waals surface area contributed by atoms with E-state index in [0.717, 1.165) is 0 Å². The second-order valence-electron chi connectivity index (χ2n) is 7.30. The van der Waals surface area contributed by atoms with Crippen LogP contribution in [-0.2, 0) is 10.2 Å². The van der Waals surface area contributed by atoms with E-state index in [1.807, 2.05) is 0 Å². The van der Waals surface area contributed by atoms with Crippen LogP contribution in [0.2, 0.25) is 0 Å². The summed E-state index contributed by atoms with van der Waals surface area (Å²) in [7, 11) is -3.87. The van der Waals surface area contributed by atoms with E-state index < -0.39 is 15.7 Å². The van der Waals surface area contributed by atoms with Crippen LogP contribution >= 0.6 is 0 Å². The molecule has 4 N–H and O–H groups in total. The van der Waals surface area contributed by atoms with Crippen LogP contribution in [-0.4, -0.2) is 42.3 Å². The van der Waals surface area contributed by atoms with E-state index in [4.69, 9.17) is 10.5 Å². The third-order valence-electron chi connectivity index (χ3n) is 3.98. The van der Waals surface area contributed by atoms with Gasteiger partial charge in [0.25, 0.3) is 5.91 Å². The van der Waals surface area contributed by atoms with Gasteiger partial charge in [0.1, 0.15) is 23.9 Å². The predicted octanol–water partition coefficient (Wildman–Crippen LogP) is 1.06. The summed E-state index contributed by atoms with van der Waals surface area (Å²) in [5.74, 6) is 0.346. The maximum absolute atomic E-state index is 12.6. The Kier molecular flexibility index (Phi) is 5.18. The molecule has 1 aromatic carbocycles. The van der Waals surface area contributed by atoms with Crippen molar-refractivity contribution in [2.24, 2.45) is 10.1 Å². The van der Waals surface area contributed by atoms with Crippen LogP contribution in [0.5, 0.6) is 5.75 Å². The minimum absolute atomic E-state index is 0.0955. The molecule has 29 heavy (non-hydrogen) atoms. The number of carbonyl (C=O) groups excluding carboxylic acids is 1. The average molecular weight is 418 g/mol. The molecule has 0 fully saturated rings. The normalized spacial score (nSPS) is 15.0. The molecule has 1 aliphatic heterocycles. The predicted molar refractivity (Wildman–Crippen MR) is 108 cm³/mol. The van der Waals surface area contributed by atoms with Crippen molar-refractivity contribution in [2.75, 3.05) is 11.3 Å². The highest BCUT2D eigenvalue weighted by atomic mass is 32.2. The second-order valence-corrected chi connectivity index (χ2v) is 8.64. The zero-order valence-corrected chi connectivity index (χ0v) is 17.3. The van der Waals surface area contributed by atoms with Crippen LogP contribution in [0, 0.1) is 13.8 Å². The van der Waals surface area contributed by atoms with Crippen molar-refractivity contribution in [2.45, 2.75) is 33.2 Å². The summed E-state index contributed by atoms with van der Waals surface area (Å²) in [6.07, 6.45) is 0. The van der Waals surface area contributed by atoms with Crippen molar-refractivity contribution in [3.8, 4) is 5.75 Å². The van der Waals surface area contributed by atoms with Crippen LogP contribution in [0.25, 0.3) is 0 Å². The number of nitrogens with two attached hydrogens (primary N) is 1. The molecular weight excluding hydrogens is 396 g/mol. The molecule has 0 saturated carbocycles. The number of nitrogens with one attached hydrogen (secondary N) is 2. The lowest BCUT2D eigenvalue weighted by Gasteiger charge is -2.27. The minimum Gasteiger partial charge on any atom is -0.490 e. The molecule has 0 atom stereocenters. The van der Waals surface area contributed by atoms with Gasteiger partial charge in [-0.15, -0.1) is 4.40 Å². The first-order valence-corrected chi connectivity index (χ1v) is 10.2. The molecule has 0 aliphatic carbocycles. The molecule has 0 bridgehead atoms. The van der Waals surface area contributed by atoms with E-state index in [1.165, 1.54) is 0 Å². The largest absolute Gasteiger partial charge is 0.490 e. The highest BCUT2D eigenvalue weighted by molar-refractivity contribution is 7.91. The van der Waals surface area contributed by atoms with Crippen molar-refractivity contribution in [3.63, 3.8) is 0 Å². The molecule has 0 radical (unpaired) electrons. The van der Waals surface area contributed by atoms with Gasteiger partial charge in [0, 0.05) is 5.69 Å². The zero-order valence-electron chi connectivity index (χ0n) is 16.5. The van der Waals surface area contributed by atoms with Gasteiger partial charge >= 0.3 is 10.2 Å². The molecule has 0 saturated heterocycles. The summed E-state index contributed by atoms with van der Waals surface area (Å²) in [5, 5.41) is 2.87. The third kappa shape index (κ3) is 4.80. The van der Waals surface area contributed by atoms with Gasteiger partial charge in [-0.05, 0) is 45.9 Å². The number of hydrogen-bond donors (Lipinski definition) is 3. The molecule has 1 aromatic heterocycles. The molecule has 11 heteroatoms. The standard InChI is InChI=1S/C18H22N6O4S/c1-10-8-13(21-11(2)20-10)17(25)22-18(3,4)9-28-14-7-5-6-12-15(14)16(19)24-29(26,27)23-12/h5-8,23H,9H2,1-4H3,(H2,19,24)(H,22,25). The topological polar surface area (TPSA) is 149 Å². The highest BCUT2D eigenvalue weighted by Crippen LogP contribution is 2.30. The Morgan fingerprint density at radius 2 is 2.00 bits per heavy atom. The molecule has 1 aliphatic rings. The monoisotopic (exact) mass is 418 g/mol. The Bertz CT molecular complexity index is 1090. The Balaban J connectivity index is 1.75. The molecule has 0 spiro atoms. The van der Waals surface area contributed by atoms with Crippen LogP contribution in [0.3, 0.4) is 0 Å². The maximum atomic E-state index is 12.6. The van der Waals surface area contributed by atoms with Crippen LogP contribution in [0.4, 0.5) is 5.69 Å². The van der Waals surface area contributed by atoms with Gasteiger partial charge < -0.3 is 15.8 Å². The Labute approximate surface area is 168 Å².